The first kappa shape index (κ1) is 20.5. The van der Waals surface area contributed by atoms with Crippen molar-refractivity contribution in [2.75, 3.05) is 33.5 Å². The Labute approximate surface area is 164 Å². The molecule has 2 aromatic rings. The molecule has 8 heteroatoms. The highest BCUT2D eigenvalue weighted by Gasteiger charge is 2.43. The number of carbonyl (C=O) groups excluding carboxylic acids is 1. The Balaban J connectivity index is 1.72. The average molecular weight is 389 g/mol. The first-order chi connectivity index (χ1) is 13.6. The van der Waals surface area contributed by atoms with Crippen LogP contribution < -0.4 is 5.32 Å². The van der Waals surface area contributed by atoms with E-state index in [1.165, 1.54) is 13.4 Å². The van der Waals surface area contributed by atoms with Crippen LogP contribution in [-0.4, -0.2) is 66.0 Å². The van der Waals surface area contributed by atoms with E-state index in [-0.39, 0.29) is 37.4 Å². The number of aliphatic hydroxyl groups excluding tert-OH is 1. The predicted molar refractivity (Wildman–Crippen MR) is 102 cm³/mol. The Morgan fingerprint density at radius 3 is 2.93 bits per heavy atom. The molecule has 3 rings (SSSR count). The van der Waals surface area contributed by atoms with Crippen LogP contribution >= 0.6 is 0 Å². The summed E-state index contributed by atoms with van der Waals surface area (Å²) in [6, 6.07) is 10.2. The highest BCUT2D eigenvalue weighted by atomic mass is 16.5. The number of aliphatic hydroxyl groups is 1. The van der Waals surface area contributed by atoms with Gasteiger partial charge in [0, 0.05) is 26.2 Å². The third-order valence-corrected chi connectivity index (χ3v) is 4.99. The SMILES string of the molecule is COCc1nc(C(=O)NC[C@]2(CO)COC[C@@H](C)N2Cc2ccccc2)co1. The van der Waals surface area contributed by atoms with E-state index in [0.717, 1.165) is 5.56 Å². The van der Waals surface area contributed by atoms with Crippen LogP contribution in [0.5, 0.6) is 0 Å². The van der Waals surface area contributed by atoms with Gasteiger partial charge in [-0.1, -0.05) is 30.3 Å². The van der Waals surface area contributed by atoms with Crippen molar-refractivity contribution in [1.82, 2.24) is 15.2 Å². The molecule has 0 spiro atoms. The molecule has 152 valence electrons. The molecule has 0 radical (unpaired) electrons. The molecule has 2 N–H and O–H groups in total. The van der Waals surface area contributed by atoms with E-state index in [1.807, 2.05) is 18.2 Å². The summed E-state index contributed by atoms with van der Waals surface area (Å²) in [6.45, 7) is 3.90. The minimum absolute atomic E-state index is 0.0957. The summed E-state index contributed by atoms with van der Waals surface area (Å²) in [7, 11) is 1.53. The molecule has 0 bridgehead atoms. The number of ether oxygens (including phenoxy) is 2. The lowest BCUT2D eigenvalue weighted by molar-refractivity contribution is -0.121. The van der Waals surface area contributed by atoms with Crippen LogP contribution in [-0.2, 0) is 22.6 Å². The van der Waals surface area contributed by atoms with Gasteiger partial charge in [-0.15, -0.1) is 0 Å². The largest absolute Gasteiger partial charge is 0.446 e. The molecule has 2 atom stereocenters. The van der Waals surface area contributed by atoms with Gasteiger partial charge in [0.25, 0.3) is 5.91 Å². The maximum atomic E-state index is 12.5. The maximum Gasteiger partial charge on any atom is 0.273 e. The minimum Gasteiger partial charge on any atom is -0.446 e. The number of hydrogen-bond acceptors (Lipinski definition) is 7. The second-order valence-electron chi connectivity index (χ2n) is 7.10. The third kappa shape index (κ3) is 4.59. The van der Waals surface area contributed by atoms with Crippen LogP contribution in [0.3, 0.4) is 0 Å². The lowest BCUT2D eigenvalue weighted by Gasteiger charge is -2.49. The number of amides is 1. The number of carbonyl (C=O) groups is 1. The van der Waals surface area contributed by atoms with Gasteiger partial charge in [-0.25, -0.2) is 4.98 Å². The molecule has 1 aromatic heterocycles. The monoisotopic (exact) mass is 389 g/mol. The molecule has 1 aromatic carbocycles. The predicted octanol–water partition coefficient (Wildman–Crippen LogP) is 1.20. The van der Waals surface area contributed by atoms with Gasteiger partial charge in [-0.2, -0.15) is 0 Å². The van der Waals surface area contributed by atoms with Crippen molar-refractivity contribution in [3.63, 3.8) is 0 Å². The minimum atomic E-state index is -0.720. The summed E-state index contributed by atoms with van der Waals surface area (Å²) in [6.07, 6.45) is 1.30. The number of aromatic nitrogens is 1. The number of methoxy groups -OCH3 is 1. The zero-order chi connectivity index (χ0) is 20.0. The van der Waals surface area contributed by atoms with Crippen molar-refractivity contribution in [3.8, 4) is 0 Å². The number of benzene rings is 1. The van der Waals surface area contributed by atoms with E-state index in [2.05, 4.69) is 34.3 Å². The van der Waals surface area contributed by atoms with E-state index in [4.69, 9.17) is 13.9 Å². The van der Waals surface area contributed by atoms with Gasteiger partial charge in [0.1, 0.15) is 12.9 Å². The van der Waals surface area contributed by atoms with Crippen LogP contribution in [0.15, 0.2) is 41.0 Å². The quantitative estimate of drug-likeness (QED) is 0.700. The van der Waals surface area contributed by atoms with Gasteiger partial charge in [0.05, 0.1) is 25.4 Å². The zero-order valence-electron chi connectivity index (χ0n) is 16.3. The maximum absolute atomic E-state index is 12.5. The van der Waals surface area contributed by atoms with Crippen LogP contribution in [0.4, 0.5) is 0 Å². The van der Waals surface area contributed by atoms with Crippen molar-refractivity contribution >= 4 is 5.91 Å². The molecular formula is C20H27N3O5. The second-order valence-corrected chi connectivity index (χ2v) is 7.10. The van der Waals surface area contributed by atoms with E-state index in [1.54, 1.807) is 0 Å². The van der Waals surface area contributed by atoms with Crippen molar-refractivity contribution in [3.05, 3.63) is 53.7 Å². The number of morpholine rings is 1. The van der Waals surface area contributed by atoms with Gasteiger partial charge in [0.15, 0.2) is 5.69 Å². The number of oxazole rings is 1. The van der Waals surface area contributed by atoms with Crippen molar-refractivity contribution in [1.29, 1.82) is 0 Å². The first-order valence-electron chi connectivity index (χ1n) is 9.29. The Hall–Kier alpha value is -2.26. The van der Waals surface area contributed by atoms with E-state index in [9.17, 15) is 9.90 Å². The molecule has 1 fully saturated rings. The summed E-state index contributed by atoms with van der Waals surface area (Å²) in [4.78, 5) is 18.8. The highest BCUT2D eigenvalue weighted by molar-refractivity contribution is 5.91. The molecule has 0 saturated carbocycles. The van der Waals surface area contributed by atoms with E-state index < -0.39 is 5.54 Å². The van der Waals surface area contributed by atoms with E-state index >= 15 is 0 Å². The second kappa shape index (κ2) is 9.29. The highest BCUT2D eigenvalue weighted by Crippen LogP contribution is 2.26. The summed E-state index contributed by atoms with van der Waals surface area (Å²) in [5.41, 5.74) is 0.600. The molecule has 8 nitrogen and oxygen atoms in total. The molecule has 1 saturated heterocycles. The number of nitrogens with one attached hydrogen (secondary N) is 1. The summed E-state index contributed by atoms with van der Waals surface area (Å²) >= 11 is 0. The van der Waals surface area contributed by atoms with Crippen LogP contribution in [0.1, 0.15) is 28.9 Å². The fourth-order valence-electron chi connectivity index (χ4n) is 3.45. The lowest BCUT2D eigenvalue weighted by atomic mass is 9.94. The summed E-state index contributed by atoms with van der Waals surface area (Å²) in [5, 5.41) is 13.1. The summed E-state index contributed by atoms with van der Waals surface area (Å²) < 4.78 is 15.9. The van der Waals surface area contributed by atoms with Crippen LogP contribution in [0.25, 0.3) is 0 Å². The topological polar surface area (TPSA) is 97.1 Å². The molecule has 0 unspecified atom stereocenters. The molecule has 2 heterocycles. The molecular weight excluding hydrogens is 362 g/mol. The fraction of sp³-hybridized carbons (Fsp3) is 0.500. The van der Waals surface area contributed by atoms with E-state index in [0.29, 0.717) is 25.6 Å². The van der Waals surface area contributed by atoms with Gasteiger partial charge >= 0.3 is 0 Å². The van der Waals surface area contributed by atoms with Crippen molar-refractivity contribution in [2.24, 2.45) is 0 Å². The summed E-state index contributed by atoms with van der Waals surface area (Å²) in [5.74, 6) is -0.0262. The standard InChI is InChI=1S/C20H27N3O5/c1-15-9-27-14-20(13-24,23(15)8-16-6-4-3-5-7-16)12-21-19(25)17-10-28-18(22-17)11-26-2/h3-7,10,15,24H,8-9,11-14H2,1-2H3,(H,21,25)/t15-,20+/m1/s1. The van der Waals surface area contributed by atoms with Crippen molar-refractivity contribution in [2.45, 2.75) is 31.7 Å². The van der Waals surface area contributed by atoms with Crippen LogP contribution in [0.2, 0.25) is 0 Å². The average Bonchev–Trinajstić information content (AvgIpc) is 3.18. The third-order valence-electron chi connectivity index (χ3n) is 4.99. The normalized spacial score (nSPS) is 22.9. The first-order valence-corrected chi connectivity index (χ1v) is 9.29. The Bertz CT molecular complexity index is 766. The Morgan fingerprint density at radius 2 is 2.21 bits per heavy atom. The number of nitrogens with zero attached hydrogens (tertiary/aromatic N) is 2. The zero-order valence-corrected chi connectivity index (χ0v) is 16.3. The van der Waals surface area contributed by atoms with Crippen molar-refractivity contribution < 1.29 is 23.8 Å². The molecule has 0 aliphatic carbocycles. The van der Waals surface area contributed by atoms with Gasteiger partial charge in [-0.3, -0.25) is 9.69 Å². The number of rotatable bonds is 8. The number of hydrogen-bond donors (Lipinski definition) is 2. The molecule has 1 aliphatic heterocycles. The van der Waals surface area contributed by atoms with Gasteiger partial charge in [0.2, 0.25) is 5.89 Å². The molecule has 1 aliphatic rings. The molecule has 1 amide bonds. The smallest absolute Gasteiger partial charge is 0.273 e. The van der Waals surface area contributed by atoms with Gasteiger partial charge < -0.3 is 24.3 Å². The van der Waals surface area contributed by atoms with Gasteiger partial charge in [-0.05, 0) is 12.5 Å². The lowest BCUT2D eigenvalue weighted by Crippen LogP contribution is -2.66. The Kier molecular flexibility index (Phi) is 6.79. The van der Waals surface area contributed by atoms with Crippen LogP contribution in [0, 0.1) is 0 Å². The Morgan fingerprint density at radius 1 is 1.43 bits per heavy atom. The molecule has 28 heavy (non-hydrogen) atoms. The fourth-order valence-corrected chi connectivity index (χ4v) is 3.45.